The summed E-state index contributed by atoms with van der Waals surface area (Å²) in [6, 6.07) is 5.62. The van der Waals surface area contributed by atoms with Gasteiger partial charge in [0.25, 0.3) is 0 Å². The van der Waals surface area contributed by atoms with Crippen molar-refractivity contribution in [2.45, 2.75) is 0 Å². The number of hydrogen-bond donors (Lipinski definition) is 1. The van der Waals surface area contributed by atoms with E-state index in [1.807, 2.05) is 35.0 Å². The van der Waals surface area contributed by atoms with Crippen LogP contribution in [0.2, 0.25) is 5.02 Å². The standard InChI is InChI=1S/C12H7Br2ClN4/c13-7-1-2-9(8(15)5-7)17-11-12-16-3-4-19(12)6-10(14)18-11/h1-6H,(H,17,18). The quantitative estimate of drug-likeness (QED) is 0.678. The highest BCUT2D eigenvalue weighted by molar-refractivity contribution is 9.10. The second-order valence-electron chi connectivity index (χ2n) is 3.82. The SMILES string of the molecule is Clc1cc(Br)ccc1Nc1nc(Br)cn2ccnc12. The maximum absolute atomic E-state index is 6.19. The number of aromatic nitrogens is 3. The van der Waals surface area contributed by atoms with Crippen LogP contribution >= 0.6 is 43.5 Å². The monoisotopic (exact) mass is 400 g/mol. The first kappa shape index (κ1) is 12.9. The van der Waals surface area contributed by atoms with Gasteiger partial charge in [0.2, 0.25) is 0 Å². The van der Waals surface area contributed by atoms with Crippen LogP contribution in [-0.2, 0) is 0 Å². The summed E-state index contributed by atoms with van der Waals surface area (Å²) in [7, 11) is 0. The van der Waals surface area contributed by atoms with Gasteiger partial charge in [0.05, 0.1) is 10.7 Å². The van der Waals surface area contributed by atoms with Crippen molar-refractivity contribution < 1.29 is 0 Å². The van der Waals surface area contributed by atoms with E-state index in [2.05, 4.69) is 47.1 Å². The number of hydrogen-bond acceptors (Lipinski definition) is 3. The van der Waals surface area contributed by atoms with E-state index in [1.165, 1.54) is 0 Å². The minimum Gasteiger partial charge on any atom is -0.336 e. The summed E-state index contributed by atoms with van der Waals surface area (Å²) in [5.41, 5.74) is 1.52. The zero-order valence-electron chi connectivity index (χ0n) is 9.44. The van der Waals surface area contributed by atoms with Crippen molar-refractivity contribution in [1.82, 2.24) is 14.4 Å². The van der Waals surface area contributed by atoms with E-state index < -0.39 is 0 Å². The van der Waals surface area contributed by atoms with Gasteiger partial charge in [-0.2, -0.15) is 0 Å². The van der Waals surface area contributed by atoms with Gasteiger partial charge in [0, 0.05) is 23.1 Å². The summed E-state index contributed by atoms with van der Waals surface area (Å²) in [6.45, 7) is 0. The molecule has 2 heterocycles. The van der Waals surface area contributed by atoms with Gasteiger partial charge < -0.3 is 9.72 Å². The highest BCUT2D eigenvalue weighted by Crippen LogP contribution is 2.29. The lowest BCUT2D eigenvalue weighted by Gasteiger charge is -2.09. The summed E-state index contributed by atoms with van der Waals surface area (Å²) in [5, 5.41) is 3.80. The number of nitrogens with zero attached hydrogens (tertiary/aromatic N) is 3. The first-order chi connectivity index (χ1) is 9.13. The van der Waals surface area contributed by atoms with Crippen LogP contribution in [0.5, 0.6) is 0 Å². The van der Waals surface area contributed by atoms with Gasteiger partial charge in [0.15, 0.2) is 11.5 Å². The van der Waals surface area contributed by atoms with Crippen molar-refractivity contribution in [3.8, 4) is 0 Å². The molecule has 4 nitrogen and oxygen atoms in total. The summed E-state index contributed by atoms with van der Waals surface area (Å²) in [5.74, 6) is 0.642. The van der Waals surface area contributed by atoms with Gasteiger partial charge in [-0.05, 0) is 34.1 Å². The van der Waals surface area contributed by atoms with E-state index >= 15 is 0 Å². The highest BCUT2D eigenvalue weighted by atomic mass is 79.9. The van der Waals surface area contributed by atoms with Crippen LogP contribution in [0.15, 0.2) is 45.9 Å². The maximum atomic E-state index is 6.19. The van der Waals surface area contributed by atoms with Crippen LogP contribution in [-0.4, -0.2) is 14.4 Å². The fourth-order valence-corrected chi connectivity index (χ4v) is 2.82. The zero-order chi connectivity index (χ0) is 13.4. The summed E-state index contributed by atoms with van der Waals surface area (Å²) in [4.78, 5) is 8.65. The second kappa shape index (κ2) is 5.11. The molecule has 0 bridgehead atoms. The van der Waals surface area contributed by atoms with Crippen LogP contribution < -0.4 is 5.32 Å². The molecule has 0 aliphatic carbocycles. The fraction of sp³-hybridized carbons (Fsp3) is 0. The third-order valence-corrected chi connectivity index (χ3v) is 3.72. The Labute approximate surface area is 131 Å². The highest BCUT2D eigenvalue weighted by Gasteiger charge is 2.08. The maximum Gasteiger partial charge on any atom is 0.180 e. The number of fused-ring (bicyclic) bond motifs is 1. The Morgan fingerprint density at radius 3 is 2.89 bits per heavy atom. The number of halogens is 3. The molecule has 7 heteroatoms. The van der Waals surface area contributed by atoms with Gasteiger partial charge in [-0.3, -0.25) is 0 Å². The number of nitrogens with one attached hydrogen (secondary N) is 1. The summed E-state index contributed by atoms with van der Waals surface area (Å²) >= 11 is 12.9. The van der Waals surface area contributed by atoms with Crippen molar-refractivity contribution in [3.63, 3.8) is 0 Å². The van der Waals surface area contributed by atoms with Crippen molar-refractivity contribution in [2.75, 3.05) is 5.32 Å². The molecule has 0 spiro atoms. The Hall–Kier alpha value is -1.11. The predicted octanol–water partition coefficient (Wildman–Crippen LogP) is 4.65. The van der Waals surface area contributed by atoms with E-state index in [9.17, 15) is 0 Å². The van der Waals surface area contributed by atoms with Crippen LogP contribution in [0, 0.1) is 0 Å². The number of anilines is 2. The van der Waals surface area contributed by atoms with E-state index in [4.69, 9.17) is 11.6 Å². The van der Waals surface area contributed by atoms with Crippen LogP contribution in [0.25, 0.3) is 5.65 Å². The molecule has 0 aliphatic rings. The lowest BCUT2D eigenvalue weighted by Crippen LogP contribution is -1.99. The molecule has 0 radical (unpaired) electrons. The van der Waals surface area contributed by atoms with Gasteiger partial charge in [-0.15, -0.1) is 0 Å². The van der Waals surface area contributed by atoms with E-state index in [-0.39, 0.29) is 0 Å². The lowest BCUT2D eigenvalue weighted by atomic mass is 10.3. The normalized spacial score (nSPS) is 10.9. The predicted molar refractivity (Wildman–Crippen MR) is 83.1 cm³/mol. The van der Waals surface area contributed by atoms with Crippen LogP contribution in [0.1, 0.15) is 0 Å². The Morgan fingerprint density at radius 2 is 2.11 bits per heavy atom. The van der Waals surface area contributed by atoms with Crippen molar-refractivity contribution in [1.29, 1.82) is 0 Å². The average molecular weight is 402 g/mol. The Kier molecular flexibility index (Phi) is 3.47. The molecule has 1 N–H and O–H groups in total. The molecular formula is C12H7Br2ClN4. The molecular weight excluding hydrogens is 395 g/mol. The van der Waals surface area contributed by atoms with E-state index in [0.29, 0.717) is 15.4 Å². The van der Waals surface area contributed by atoms with E-state index in [0.717, 1.165) is 15.8 Å². The third kappa shape index (κ3) is 2.61. The molecule has 0 saturated heterocycles. The number of imidazole rings is 1. The summed E-state index contributed by atoms with van der Waals surface area (Å²) < 4.78 is 3.52. The van der Waals surface area contributed by atoms with Crippen LogP contribution in [0.3, 0.4) is 0 Å². The molecule has 2 aromatic heterocycles. The first-order valence-corrected chi connectivity index (χ1v) is 7.31. The van der Waals surface area contributed by atoms with Crippen LogP contribution in [0.4, 0.5) is 11.5 Å². The Bertz CT molecular complexity index is 757. The number of benzene rings is 1. The minimum absolute atomic E-state index is 0.612. The molecule has 0 aliphatic heterocycles. The molecule has 0 amide bonds. The molecule has 0 atom stereocenters. The molecule has 0 fully saturated rings. The minimum atomic E-state index is 0.612. The van der Waals surface area contributed by atoms with Crippen molar-refractivity contribution in [2.24, 2.45) is 0 Å². The first-order valence-electron chi connectivity index (χ1n) is 5.35. The fourth-order valence-electron chi connectivity index (χ4n) is 1.70. The van der Waals surface area contributed by atoms with Gasteiger partial charge >= 0.3 is 0 Å². The molecule has 0 saturated carbocycles. The molecule has 0 unspecified atom stereocenters. The molecule has 3 rings (SSSR count). The van der Waals surface area contributed by atoms with E-state index in [1.54, 1.807) is 6.20 Å². The molecule has 3 aromatic rings. The second-order valence-corrected chi connectivity index (χ2v) is 5.95. The number of rotatable bonds is 2. The van der Waals surface area contributed by atoms with Gasteiger partial charge in [0.1, 0.15) is 4.60 Å². The Balaban J connectivity index is 2.07. The van der Waals surface area contributed by atoms with Crippen molar-refractivity contribution >= 4 is 60.6 Å². The summed E-state index contributed by atoms with van der Waals surface area (Å²) in [6.07, 6.45) is 5.42. The van der Waals surface area contributed by atoms with Gasteiger partial charge in [-0.1, -0.05) is 27.5 Å². The molecule has 96 valence electrons. The lowest BCUT2D eigenvalue weighted by molar-refractivity contribution is 1.10. The van der Waals surface area contributed by atoms with Gasteiger partial charge in [-0.25, -0.2) is 9.97 Å². The molecule has 1 aromatic carbocycles. The largest absolute Gasteiger partial charge is 0.336 e. The topological polar surface area (TPSA) is 42.2 Å². The molecule has 19 heavy (non-hydrogen) atoms. The average Bonchev–Trinajstić information content (AvgIpc) is 2.80. The smallest absolute Gasteiger partial charge is 0.180 e. The third-order valence-electron chi connectivity index (χ3n) is 2.53. The Morgan fingerprint density at radius 1 is 1.26 bits per heavy atom. The zero-order valence-corrected chi connectivity index (χ0v) is 13.4. The van der Waals surface area contributed by atoms with Crippen molar-refractivity contribution in [3.05, 3.63) is 50.9 Å².